The van der Waals surface area contributed by atoms with E-state index in [1.807, 2.05) is 0 Å². The van der Waals surface area contributed by atoms with Crippen molar-refractivity contribution in [2.75, 3.05) is 0 Å². The average Bonchev–Trinajstić information content (AvgIpc) is 2.21. The number of allylic oxidation sites excluding steroid dienone is 1. The van der Waals surface area contributed by atoms with Gasteiger partial charge in [0.05, 0.1) is 6.04 Å². The van der Waals surface area contributed by atoms with Gasteiger partial charge in [-0.25, -0.2) is 4.79 Å². The van der Waals surface area contributed by atoms with Gasteiger partial charge in [0.2, 0.25) is 0 Å². The smallest absolute Gasteiger partial charge is 0.292 e. The van der Waals surface area contributed by atoms with Crippen molar-refractivity contribution in [1.29, 1.82) is 0 Å². The predicted octanol–water partition coefficient (Wildman–Crippen LogP) is 1.02. The molecule has 1 heterocycles. The van der Waals surface area contributed by atoms with Crippen molar-refractivity contribution in [2.24, 2.45) is 0 Å². The molecule has 15 heavy (non-hydrogen) atoms. The fourth-order valence-corrected chi connectivity index (χ4v) is 1.19. The number of nitrogens with one attached hydrogen (secondary N) is 1. The second-order valence-electron chi connectivity index (χ2n) is 3.32. The standard InChI is InChI=1S/C11H12N2O2/c1-5-7(2)6-13-9(4)8(3)10(14)12-11(13)15/h1,6,9H,3H2,2,4H3,(H,12,14,15)/b7-6+. The third-order valence-corrected chi connectivity index (χ3v) is 2.23. The number of rotatable bonds is 1. The highest BCUT2D eigenvalue weighted by Crippen LogP contribution is 2.15. The Bertz CT molecular complexity index is 401. The number of amides is 3. The Morgan fingerprint density at radius 1 is 1.67 bits per heavy atom. The summed E-state index contributed by atoms with van der Waals surface area (Å²) in [5, 5.41) is 2.17. The highest BCUT2D eigenvalue weighted by atomic mass is 16.2. The first-order valence-electron chi connectivity index (χ1n) is 4.45. The Kier molecular flexibility index (Phi) is 2.96. The number of hydrogen-bond acceptors (Lipinski definition) is 2. The molecule has 1 aliphatic heterocycles. The summed E-state index contributed by atoms with van der Waals surface area (Å²) in [6.07, 6.45) is 6.70. The zero-order valence-electron chi connectivity index (χ0n) is 8.70. The molecule has 0 aromatic carbocycles. The van der Waals surface area contributed by atoms with Gasteiger partial charge in [0.25, 0.3) is 5.91 Å². The molecule has 78 valence electrons. The molecule has 1 aliphatic rings. The van der Waals surface area contributed by atoms with Crippen molar-refractivity contribution in [3.8, 4) is 12.3 Å². The van der Waals surface area contributed by atoms with Crippen LogP contribution in [-0.2, 0) is 4.79 Å². The number of urea groups is 1. The lowest BCUT2D eigenvalue weighted by atomic mass is 10.1. The number of terminal acetylenes is 1. The van der Waals surface area contributed by atoms with Gasteiger partial charge < -0.3 is 0 Å². The van der Waals surface area contributed by atoms with Crippen LogP contribution in [-0.4, -0.2) is 22.9 Å². The number of carbonyl (C=O) groups is 2. The number of imide groups is 1. The lowest BCUT2D eigenvalue weighted by molar-refractivity contribution is -0.117. The summed E-state index contributed by atoms with van der Waals surface area (Å²) >= 11 is 0. The molecule has 1 saturated heterocycles. The first-order valence-corrected chi connectivity index (χ1v) is 4.45. The Balaban J connectivity index is 3.00. The van der Waals surface area contributed by atoms with Crippen LogP contribution in [0.2, 0.25) is 0 Å². The summed E-state index contributed by atoms with van der Waals surface area (Å²) in [5.41, 5.74) is 0.954. The van der Waals surface area contributed by atoms with Crippen LogP contribution in [0.5, 0.6) is 0 Å². The van der Waals surface area contributed by atoms with Crippen LogP contribution in [0, 0.1) is 12.3 Å². The van der Waals surface area contributed by atoms with Crippen LogP contribution in [0.25, 0.3) is 0 Å². The third kappa shape index (κ3) is 2.08. The van der Waals surface area contributed by atoms with Crippen molar-refractivity contribution in [3.63, 3.8) is 0 Å². The molecule has 0 aliphatic carbocycles. The minimum atomic E-state index is -0.477. The van der Waals surface area contributed by atoms with Gasteiger partial charge in [0.15, 0.2) is 0 Å². The largest absolute Gasteiger partial charge is 0.328 e. The molecule has 1 atom stereocenters. The van der Waals surface area contributed by atoms with E-state index in [1.54, 1.807) is 13.8 Å². The molecule has 3 amide bonds. The number of nitrogens with zero attached hydrogens (tertiary/aromatic N) is 1. The van der Waals surface area contributed by atoms with Gasteiger partial charge in [-0.3, -0.25) is 15.0 Å². The maximum absolute atomic E-state index is 11.5. The number of carbonyl (C=O) groups excluding carboxylic acids is 2. The van der Waals surface area contributed by atoms with Crippen molar-refractivity contribution in [1.82, 2.24) is 10.2 Å². The van der Waals surface area contributed by atoms with Gasteiger partial charge in [-0.15, -0.1) is 6.42 Å². The van der Waals surface area contributed by atoms with E-state index in [4.69, 9.17) is 6.42 Å². The third-order valence-electron chi connectivity index (χ3n) is 2.23. The van der Waals surface area contributed by atoms with Gasteiger partial charge in [-0.1, -0.05) is 12.5 Å². The van der Waals surface area contributed by atoms with Crippen molar-refractivity contribution >= 4 is 11.9 Å². The zero-order chi connectivity index (χ0) is 11.6. The normalized spacial score (nSPS) is 22.5. The molecule has 4 nitrogen and oxygen atoms in total. The Morgan fingerprint density at radius 3 is 2.80 bits per heavy atom. The Hall–Kier alpha value is -2.02. The van der Waals surface area contributed by atoms with E-state index in [9.17, 15) is 9.59 Å². The molecule has 1 rings (SSSR count). The van der Waals surface area contributed by atoms with E-state index in [0.29, 0.717) is 11.1 Å². The lowest BCUT2D eigenvalue weighted by Crippen LogP contribution is -2.52. The maximum atomic E-state index is 11.5. The van der Waals surface area contributed by atoms with Crippen molar-refractivity contribution in [3.05, 3.63) is 23.9 Å². The summed E-state index contributed by atoms with van der Waals surface area (Å²) in [5.74, 6) is 1.97. The summed E-state index contributed by atoms with van der Waals surface area (Å²) < 4.78 is 0. The fraction of sp³-hybridized carbons (Fsp3) is 0.273. The van der Waals surface area contributed by atoms with Crippen molar-refractivity contribution < 1.29 is 9.59 Å². The molecule has 0 aromatic rings. The molecular weight excluding hydrogens is 192 g/mol. The molecule has 0 spiro atoms. The number of hydrogen-bond donors (Lipinski definition) is 1. The van der Waals surface area contributed by atoms with Crippen LogP contribution < -0.4 is 5.32 Å². The highest BCUT2D eigenvalue weighted by molar-refractivity contribution is 6.07. The summed E-state index contributed by atoms with van der Waals surface area (Å²) in [6.45, 7) is 7.04. The molecule has 4 heteroatoms. The minimum absolute atomic E-state index is 0.343. The summed E-state index contributed by atoms with van der Waals surface area (Å²) in [7, 11) is 0. The summed E-state index contributed by atoms with van der Waals surface area (Å²) in [6, 6.07) is -0.843. The molecule has 0 saturated carbocycles. The highest BCUT2D eigenvalue weighted by Gasteiger charge is 2.31. The second-order valence-corrected chi connectivity index (χ2v) is 3.32. The van der Waals surface area contributed by atoms with Crippen LogP contribution in [0.15, 0.2) is 23.9 Å². The monoisotopic (exact) mass is 204 g/mol. The first-order chi connectivity index (χ1) is 6.97. The van der Waals surface area contributed by atoms with Crippen LogP contribution >= 0.6 is 0 Å². The maximum Gasteiger partial charge on any atom is 0.328 e. The predicted molar refractivity (Wildman–Crippen MR) is 56.6 cm³/mol. The molecule has 1 N–H and O–H groups in total. The van der Waals surface area contributed by atoms with Gasteiger partial charge >= 0.3 is 6.03 Å². The van der Waals surface area contributed by atoms with Gasteiger partial charge in [0, 0.05) is 17.3 Å². The van der Waals surface area contributed by atoms with Gasteiger partial charge in [-0.05, 0) is 13.8 Å². The van der Waals surface area contributed by atoms with Crippen LogP contribution in [0.3, 0.4) is 0 Å². The SMILES string of the molecule is C#C/C(C)=C/N1C(=O)NC(=O)C(=C)C1C. The van der Waals surface area contributed by atoms with E-state index in [1.165, 1.54) is 11.1 Å². The quantitative estimate of drug-likeness (QED) is 0.512. The van der Waals surface area contributed by atoms with Crippen LogP contribution in [0.4, 0.5) is 4.79 Å². The summed E-state index contributed by atoms with van der Waals surface area (Å²) in [4.78, 5) is 24.0. The molecule has 0 bridgehead atoms. The minimum Gasteiger partial charge on any atom is -0.292 e. The van der Waals surface area contributed by atoms with E-state index in [-0.39, 0.29) is 6.04 Å². The average molecular weight is 204 g/mol. The fourth-order valence-electron chi connectivity index (χ4n) is 1.19. The Morgan fingerprint density at radius 2 is 2.27 bits per heavy atom. The van der Waals surface area contributed by atoms with Gasteiger partial charge in [-0.2, -0.15) is 0 Å². The van der Waals surface area contributed by atoms with E-state index in [0.717, 1.165) is 0 Å². The second kappa shape index (κ2) is 4.01. The van der Waals surface area contributed by atoms with E-state index >= 15 is 0 Å². The molecule has 0 radical (unpaired) electrons. The van der Waals surface area contributed by atoms with E-state index < -0.39 is 11.9 Å². The molecule has 0 aromatic heterocycles. The molecule has 1 fully saturated rings. The lowest BCUT2D eigenvalue weighted by Gasteiger charge is -2.31. The Labute approximate surface area is 88.6 Å². The zero-order valence-corrected chi connectivity index (χ0v) is 8.70. The molecule has 1 unspecified atom stereocenters. The van der Waals surface area contributed by atoms with Gasteiger partial charge in [0.1, 0.15) is 0 Å². The first kappa shape index (κ1) is 11.1. The van der Waals surface area contributed by atoms with Crippen LogP contribution in [0.1, 0.15) is 13.8 Å². The van der Waals surface area contributed by atoms with Crippen molar-refractivity contribution in [2.45, 2.75) is 19.9 Å². The van der Waals surface area contributed by atoms with E-state index in [2.05, 4.69) is 17.8 Å². The molecular formula is C11H12N2O2. The topological polar surface area (TPSA) is 49.4 Å².